The lowest BCUT2D eigenvalue weighted by Crippen LogP contribution is -2.28. The molecule has 1 aromatic rings. The highest BCUT2D eigenvalue weighted by molar-refractivity contribution is 5.34. The SMILES string of the molecule is O[C@@H]1Cc2ccccc2[C@H](C2CCCCC2)C1. The molecule has 0 amide bonds. The number of hydrogen-bond acceptors (Lipinski definition) is 1. The Bertz CT molecular complexity index is 379. The minimum Gasteiger partial charge on any atom is -0.393 e. The van der Waals surface area contributed by atoms with Crippen LogP contribution in [0.5, 0.6) is 0 Å². The van der Waals surface area contributed by atoms with Crippen molar-refractivity contribution >= 4 is 0 Å². The van der Waals surface area contributed by atoms with Crippen molar-refractivity contribution in [3.63, 3.8) is 0 Å². The molecule has 1 nitrogen and oxygen atoms in total. The number of fused-ring (bicyclic) bond motifs is 1. The fourth-order valence-corrected chi connectivity index (χ4v) is 3.82. The first-order chi connectivity index (χ1) is 8.34. The second-order valence-electron chi connectivity index (χ2n) is 5.80. The van der Waals surface area contributed by atoms with Gasteiger partial charge in [-0.2, -0.15) is 0 Å². The summed E-state index contributed by atoms with van der Waals surface area (Å²) >= 11 is 0. The van der Waals surface area contributed by atoms with Gasteiger partial charge in [0.25, 0.3) is 0 Å². The Hall–Kier alpha value is -0.820. The van der Waals surface area contributed by atoms with Crippen molar-refractivity contribution in [3.05, 3.63) is 35.4 Å². The molecule has 17 heavy (non-hydrogen) atoms. The second-order valence-corrected chi connectivity index (χ2v) is 5.80. The Morgan fingerprint density at radius 2 is 1.76 bits per heavy atom. The standard InChI is InChI=1S/C16H22O/c17-14-10-13-8-4-5-9-15(13)16(11-14)12-6-2-1-3-7-12/h4-5,8-9,12,14,16-17H,1-3,6-7,10-11H2/t14-,16+/m1/s1. The van der Waals surface area contributed by atoms with E-state index < -0.39 is 0 Å². The van der Waals surface area contributed by atoms with E-state index in [4.69, 9.17) is 0 Å². The highest BCUT2D eigenvalue weighted by Gasteiger charge is 2.31. The molecular weight excluding hydrogens is 208 g/mol. The number of hydrogen-bond donors (Lipinski definition) is 1. The van der Waals surface area contributed by atoms with Gasteiger partial charge >= 0.3 is 0 Å². The van der Waals surface area contributed by atoms with Crippen LogP contribution in [-0.4, -0.2) is 11.2 Å². The average molecular weight is 230 g/mol. The van der Waals surface area contributed by atoms with Crippen LogP contribution in [0.2, 0.25) is 0 Å². The van der Waals surface area contributed by atoms with Crippen molar-refractivity contribution in [1.82, 2.24) is 0 Å². The molecule has 1 heteroatoms. The molecule has 0 radical (unpaired) electrons. The van der Waals surface area contributed by atoms with E-state index in [0.717, 1.165) is 18.8 Å². The zero-order valence-electron chi connectivity index (χ0n) is 10.4. The molecule has 0 unspecified atom stereocenters. The van der Waals surface area contributed by atoms with E-state index in [-0.39, 0.29) is 6.10 Å². The Labute approximate surface area is 104 Å². The summed E-state index contributed by atoms with van der Waals surface area (Å²) in [6, 6.07) is 8.76. The highest BCUT2D eigenvalue weighted by atomic mass is 16.3. The van der Waals surface area contributed by atoms with Gasteiger partial charge in [0.15, 0.2) is 0 Å². The molecule has 0 spiro atoms. The summed E-state index contributed by atoms with van der Waals surface area (Å²) in [4.78, 5) is 0. The molecule has 0 bridgehead atoms. The zero-order chi connectivity index (χ0) is 11.7. The van der Waals surface area contributed by atoms with Gasteiger partial charge < -0.3 is 5.11 Å². The zero-order valence-corrected chi connectivity index (χ0v) is 10.4. The summed E-state index contributed by atoms with van der Waals surface area (Å²) in [5, 5.41) is 10.1. The fraction of sp³-hybridized carbons (Fsp3) is 0.625. The van der Waals surface area contributed by atoms with Crippen LogP contribution in [0.4, 0.5) is 0 Å². The van der Waals surface area contributed by atoms with E-state index in [1.165, 1.54) is 43.2 Å². The summed E-state index contributed by atoms with van der Waals surface area (Å²) in [5.74, 6) is 1.44. The van der Waals surface area contributed by atoms with Crippen molar-refractivity contribution in [2.75, 3.05) is 0 Å². The van der Waals surface area contributed by atoms with Crippen LogP contribution in [0.3, 0.4) is 0 Å². The Morgan fingerprint density at radius 3 is 2.59 bits per heavy atom. The third-order valence-corrected chi connectivity index (χ3v) is 4.65. The van der Waals surface area contributed by atoms with Crippen LogP contribution in [0, 0.1) is 5.92 Å². The fourth-order valence-electron chi connectivity index (χ4n) is 3.82. The van der Waals surface area contributed by atoms with Crippen molar-refractivity contribution < 1.29 is 5.11 Å². The van der Waals surface area contributed by atoms with Crippen LogP contribution in [0.25, 0.3) is 0 Å². The molecule has 1 N–H and O–H groups in total. The lowest BCUT2D eigenvalue weighted by Gasteiger charge is -2.36. The molecule has 1 aromatic carbocycles. The van der Waals surface area contributed by atoms with E-state index in [0.29, 0.717) is 5.92 Å². The van der Waals surface area contributed by atoms with Gasteiger partial charge in [-0.05, 0) is 48.6 Å². The molecule has 92 valence electrons. The molecule has 0 heterocycles. The van der Waals surface area contributed by atoms with Crippen LogP contribution >= 0.6 is 0 Å². The van der Waals surface area contributed by atoms with Crippen molar-refractivity contribution in [1.29, 1.82) is 0 Å². The van der Waals surface area contributed by atoms with Crippen LogP contribution < -0.4 is 0 Å². The van der Waals surface area contributed by atoms with E-state index in [2.05, 4.69) is 24.3 Å². The molecule has 2 atom stereocenters. The predicted octanol–water partition coefficient (Wildman–Crippen LogP) is 3.66. The minimum absolute atomic E-state index is 0.114. The van der Waals surface area contributed by atoms with Crippen molar-refractivity contribution in [2.24, 2.45) is 5.92 Å². The van der Waals surface area contributed by atoms with E-state index in [1.54, 1.807) is 0 Å². The van der Waals surface area contributed by atoms with Gasteiger partial charge in [-0.25, -0.2) is 0 Å². The van der Waals surface area contributed by atoms with E-state index in [9.17, 15) is 5.11 Å². The number of benzene rings is 1. The third-order valence-electron chi connectivity index (χ3n) is 4.65. The summed E-state index contributed by atoms with van der Waals surface area (Å²) < 4.78 is 0. The maximum atomic E-state index is 10.1. The molecule has 2 aliphatic carbocycles. The number of aliphatic hydroxyl groups excluding tert-OH is 1. The summed E-state index contributed by atoms with van der Waals surface area (Å²) in [5.41, 5.74) is 2.92. The molecule has 0 aliphatic heterocycles. The molecule has 1 fully saturated rings. The largest absolute Gasteiger partial charge is 0.393 e. The van der Waals surface area contributed by atoms with Gasteiger partial charge in [0.1, 0.15) is 0 Å². The molecule has 3 rings (SSSR count). The van der Waals surface area contributed by atoms with Crippen molar-refractivity contribution in [3.8, 4) is 0 Å². The van der Waals surface area contributed by atoms with Crippen LogP contribution in [0.1, 0.15) is 55.6 Å². The molecular formula is C16H22O. The Morgan fingerprint density at radius 1 is 1.00 bits per heavy atom. The monoisotopic (exact) mass is 230 g/mol. The maximum absolute atomic E-state index is 10.1. The van der Waals surface area contributed by atoms with Gasteiger partial charge in [-0.3, -0.25) is 0 Å². The lowest BCUT2D eigenvalue weighted by atomic mass is 9.70. The summed E-state index contributed by atoms with van der Waals surface area (Å²) in [6.07, 6.45) is 8.65. The van der Waals surface area contributed by atoms with Gasteiger partial charge in [-0.1, -0.05) is 43.5 Å². The lowest BCUT2D eigenvalue weighted by molar-refractivity contribution is 0.126. The van der Waals surface area contributed by atoms with E-state index in [1.807, 2.05) is 0 Å². The average Bonchev–Trinajstić information content (AvgIpc) is 2.39. The second kappa shape index (κ2) is 4.81. The summed E-state index contributed by atoms with van der Waals surface area (Å²) in [6.45, 7) is 0. The van der Waals surface area contributed by atoms with Gasteiger partial charge in [0.05, 0.1) is 6.10 Å². The Kier molecular flexibility index (Phi) is 3.19. The molecule has 1 saturated carbocycles. The molecule has 0 aromatic heterocycles. The van der Waals surface area contributed by atoms with Gasteiger partial charge in [0, 0.05) is 0 Å². The van der Waals surface area contributed by atoms with Gasteiger partial charge in [-0.15, -0.1) is 0 Å². The van der Waals surface area contributed by atoms with E-state index >= 15 is 0 Å². The normalized spacial score (nSPS) is 29.9. The third kappa shape index (κ3) is 2.26. The highest BCUT2D eigenvalue weighted by Crippen LogP contribution is 2.42. The number of rotatable bonds is 1. The quantitative estimate of drug-likeness (QED) is 0.780. The van der Waals surface area contributed by atoms with Crippen molar-refractivity contribution in [2.45, 2.75) is 57.0 Å². The van der Waals surface area contributed by atoms with Gasteiger partial charge in [0.2, 0.25) is 0 Å². The first kappa shape index (κ1) is 11.3. The topological polar surface area (TPSA) is 20.2 Å². The molecule has 0 saturated heterocycles. The number of aliphatic hydroxyl groups is 1. The Balaban J connectivity index is 1.88. The minimum atomic E-state index is -0.114. The van der Waals surface area contributed by atoms with Crippen LogP contribution in [-0.2, 0) is 6.42 Å². The summed E-state index contributed by atoms with van der Waals surface area (Å²) in [7, 11) is 0. The predicted molar refractivity (Wildman–Crippen MR) is 70.1 cm³/mol. The maximum Gasteiger partial charge on any atom is 0.0586 e. The smallest absolute Gasteiger partial charge is 0.0586 e. The molecule has 2 aliphatic rings. The van der Waals surface area contributed by atoms with Crippen LogP contribution in [0.15, 0.2) is 24.3 Å². The first-order valence-corrected chi connectivity index (χ1v) is 7.10. The first-order valence-electron chi connectivity index (χ1n) is 7.10.